The molecule has 14 heavy (non-hydrogen) atoms. The van der Waals surface area contributed by atoms with Crippen LogP contribution in [0.15, 0.2) is 0 Å². The van der Waals surface area contributed by atoms with Crippen LogP contribution in [0.1, 0.15) is 27.2 Å². The van der Waals surface area contributed by atoms with Crippen molar-refractivity contribution in [3.05, 3.63) is 0 Å². The molecule has 2 atom stereocenters. The van der Waals surface area contributed by atoms with Gasteiger partial charge in [-0.2, -0.15) is 0 Å². The lowest BCUT2D eigenvalue weighted by molar-refractivity contribution is 0.131. The number of likely N-dealkylation sites (tertiary alicyclic amines) is 2. The summed E-state index contributed by atoms with van der Waals surface area (Å²) >= 11 is 0. The van der Waals surface area contributed by atoms with E-state index in [2.05, 4.69) is 37.6 Å². The minimum atomic E-state index is 0.420. The van der Waals surface area contributed by atoms with Crippen LogP contribution in [0.5, 0.6) is 0 Å². The van der Waals surface area contributed by atoms with E-state index in [-0.39, 0.29) is 0 Å². The summed E-state index contributed by atoms with van der Waals surface area (Å²) in [5.41, 5.74) is 0.420. The minimum absolute atomic E-state index is 0.420. The van der Waals surface area contributed by atoms with Crippen molar-refractivity contribution in [2.75, 3.05) is 33.2 Å². The first-order valence-corrected chi connectivity index (χ1v) is 5.96. The van der Waals surface area contributed by atoms with Gasteiger partial charge in [-0.3, -0.25) is 4.90 Å². The SMILES string of the molecule is CCC(C)(C)N1C[C@H]2CN(C)C[C@H]2C1. The summed E-state index contributed by atoms with van der Waals surface area (Å²) in [6.45, 7) is 12.4. The zero-order valence-corrected chi connectivity index (χ0v) is 10.1. The first-order valence-electron chi connectivity index (χ1n) is 5.96. The van der Waals surface area contributed by atoms with Crippen molar-refractivity contribution in [2.45, 2.75) is 32.7 Å². The zero-order chi connectivity index (χ0) is 10.3. The second-order valence-electron chi connectivity index (χ2n) is 5.81. The van der Waals surface area contributed by atoms with Crippen LogP contribution in [0, 0.1) is 11.8 Å². The van der Waals surface area contributed by atoms with Gasteiger partial charge in [0, 0.05) is 31.7 Å². The van der Waals surface area contributed by atoms with Crippen molar-refractivity contribution >= 4 is 0 Å². The van der Waals surface area contributed by atoms with Gasteiger partial charge in [-0.05, 0) is 39.2 Å². The average Bonchev–Trinajstić information content (AvgIpc) is 2.61. The highest BCUT2D eigenvalue weighted by Gasteiger charge is 2.42. The van der Waals surface area contributed by atoms with Gasteiger partial charge >= 0.3 is 0 Å². The molecule has 2 saturated heterocycles. The van der Waals surface area contributed by atoms with Gasteiger partial charge in [0.2, 0.25) is 0 Å². The third-order valence-electron chi connectivity index (χ3n) is 4.39. The van der Waals surface area contributed by atoms with E-state index in [0.717, 1.165) is 11.8 Å². The molecule has 2 aliphatic heterocycles. The first-order chi connectivity index (χ1) is 6.53. The molecule has 0 saturated carbocycles. The molecule has 82 valence electrons. The molecule has 0 aromatic rings. The number of fused-ring (bicyclic) bond motifs is 1. The topological polar surface area (TPSA) is 6.48 Å². The van der Waals surface area contributed by atoms with Crippen LogP contribution in [0.25, 0.3) is 0 Å². The maximum Gasteiger partial charge on any atom is 0.0150 e. The molecule has 0 spiro atoms. The monoisotopic (exact) mass is 196 g/mol. The Morgan fingerprint density at radius 1 is 1.07 bits per heavy atom. The maximum atomic E-state index is 2.70. The molecule has 2 aliphatic rings. The quantitative estimate of drug-likeness (QED) is 0.663. The molecule has 0 amide bonds. The van der Waals surface area contributed by atoms with Gasteiger partial charge in [0.15, 0.2) is 0 Å². The molecule has 0 aliphatic carbocycles. The van der Waals surface area contributed by atoms with E-state index >= 15 is 0 Å². The molecule has 0 unspecified atom stereocenters. The minimum Gasteiger partial charge on any atom is -0.306 e. The summed E-state index contributed by atoms with van der Waals surface area (Å²) in [6.07, 6.45) is 1.27. The van der Waals surface area contributed by atoms with Crippen LogP contribution in [-0.4, -0.2) is 48.6 Å². The van der Waals surface area contributed by atoms with E-state index in [0.29, 0.717) is 5.54 Å². The summed E-state index contributed by atoms with van der Waals surface area (Å²) in [5, 5.41) is 0. The Hall–Kier alpha value is -0.0800. The molecule has 2 rings (SSSR count). The highest BCUT2D eigenvalue weighted by Crippen LogP contribution is 2.34. The molecule has 2 nitrogen and oxygen atoms in total. The third kappa shape index (κ3) is 1.70. The van der Waals surface area contributed by atoms with E-state index in [4.69, 9.17) is 0 Å². The average molecular weight is 196 g/mol. The predicted molar refractivity (Wildman–Crippen MR) is 60.4 cm³/mol. The van der Waals surface area contributed by atoms with Crippen molar-refractivity contribution in [3.63, 3.8) is 0 Å². The lowest BCUT2D eigenvalue weighted by atomic mass is 10.00. The van der Waals surface area contributed by atoms with Gasteiger partial charge in [0.1, 0.15) is 0 Å². The molecule has 2 heteroatoms. The molecule has 0 N–H and O–H groups in total. The summed E-state index contributed by atoms with van der Waals surface area (Å²) in [4.78, 5) is 5.20. The van der Waals surface area contributed by atoms with Gasteiger partial charge < -0.3 is 4.90 Å². The van der Waals surface area contributed by atoms with Gasteiger partial charge in [0.05, 0.1) is 0 Å². The molecular weight excluding hydrogens is 172 g/mol. The Morgan fingerprint density at radius 3 is 2.00 bits per heavy atom. The third-order valence-corrected chi connectivity index (χ3v) is 4.39. The van der Waals surface area contributed by atoms with Crippen molar-refractivity contribution in [1.82, 2.24) is 9.80 Å². The highest BCUT2D eigenvalue weighted by molar-refractivity contribution is 4.96. The summed E-state index contributed by atoms with van der Waals surface area (Å²) in [7, 11) is 2.26. The lowest BCUT2D eigenvalue weighted by Crippen LogP contribution is -2.43. The smallest absolute Gasteiger partial charge is 0.0150 e. The Morgan fingerprint density at radius 2 is 1.57 bits per heavy atom. The van der Waals surface area contributed by atoms with Crippen LogP contribution in [-0.2, 0) is 0 Å². The largest absolute Gasteiger partial charge is 0.306 e. The van der Waals surface area contributed by atoms with E-state index in [1.807, 2.05) is 0 Å². The summed E-state index contributed by atoms with van der Waals surface area (Å²) in [6, 6.07) is 0. The number of nitrogens with zero attached hydrogens (tertiary/aromatic N) is 2. The van der Waals surface area contributed by atoms with Crippen molar-refractivity contribution in [1.29, 1.82) is 0 Å². The fourth-order valence-electron chi connectivity index (χ4n) is 2.95. The molecule has 0 aromatic carbocycles. The van der Waals surface area contributed by atoms with Crippen molar-refractivity contribution in [2.24, 2.45) is 11.8 Å². The molecule has 2 fully saturated rings. The second kappa shape index (κ2) is 3.49. The van der Waals surface area contributed by atoms with E-state index in [1.54, 1.807) is 0 Å². The van der Waals surface area contributed by atoms with Gasteiger partial charge in [-0.1, -0.05) is 6.92 Å². The van der Waals surface area contributed by atoms with E-state index in [9.17, 15) is 0 Å². The van der Waals surface area contributed by atoms with Crippen molar-refractivity contribution in [3.8, 4) is 0 Å². The molecule has 0 radical (unpaired) electrons. The molecule has 0 bridgehead atoms. The number of hydrogen-bond donors (Lipinski definition) is 0. The first kappa shape index (κ1) is 10.4. The van der Waals surface area contributed by atoms with Crippen LogP contribution in [0.2, 0.25) is 0 Å². The highest BCUT2D eigenvalue weighted by atomic mass is 15.3. The summed E-state index contributed by atoms with van der Waals surface area (Å²) in [5.74, 6) is 1.90. The Kier molecular flexibility index (Phi) is 2.61. The van der Waals surface area contributed by atoms with Crippen LogP contribution in [0.3, 0.4) is 0 Å². The molecule has 0 aromatic heterocycles. The van der Waals surface area contributed by atoms with Gasteiger partial charge in [0.25, 0.3) is 0 Å². The predicted octanol–water partition coefficient (Wildman–Crippen LogP) is 1.67. The van der Waals surface area contributed by atoms with Crippen LogP contribution >= 0.6 is 0 Å². The fourth-order valence-corrected chi connectivity index (χ4v) is 2.95. The van der Waals surface area contributed by atoms with Gasteiger partial charge in [-0.25, -0.2) is 0 Å². The normalized spacial score (nSPS) is 35.1. The van der Waals surface area contributed by atoms with E-state index in [1.165, 1.54) is 32.6 Å². The van der Waals surface area contributed by atoms with Crippen LogP contribution in [0.4, 0.5) is 0 Å². The number of hydrogen-bond acceptors (Lipinski definition) is 2. The van der Waals surface area contributed by atoms with Crippen LogP contribution < -0.4 is 0 Å². The summed E-state index contributed by atoms with van der Waals surface area (Å²) < 4.78 is 0. The maximum absolute atomic E-state index is 2.70. The fraction of sp³-hybridized carbons (Fsp3) is 1.00. The Labute approximate surface area is 88.3 Å². The van der Waals surface area contributed by atoms with E-state index < -0.39 is 0 Å². The number of rotatable bonds is 2. The Bertz CT molecular complexity index is 198. The second-order valence-corrected chi connectivity index (χ2v) is 5.81. The van der Waals surface area contributed by atoms with Crippen molar-refractivity contribution < 1.29 is 0 Å². The lowest BCUT2D eigenvalue weighted by Gasteiger charge is -2.35. The standard InChI is InChI=1S/C12H24N2/c1-5-12(2,3)14-8-10-6-13(4)7-11(10)9-14/h10-11H,5-9H2,1-4H3/t10-,11+. The Balaban J connectivity index is 1.97. The zero-order valence-electron chi connectivity index (χ0n) is 10.1. The van der Waals surface area contributed by atoms with Gasteiger partial charge in [-0.15, -0.1) is 0 Å². The molecular formula is C12H24N2. The molecule has 2 heterocycles.